The van der Waals surface area contributed by atoms with Crippen LogP contribution < -0.4 is 5.32 Å². The zero-order valence-corrected chi connectivity index (χ0v) is 12.1. The molecule has 2 heterocycles. The van der Waals surface area contributed by atoms with E-state index in [1.165, 1.54) is 0 Å². The molecule has 0 spiro atoms. The monoisotopic (exact) mass is 326 g/mol. The van der Waals surface area contributed by atoms with Gasteiger partial charge in [-0.15, -0.1) is 5.10 Å². The van der Waals surface area contributed by atoms with E-state index in [1.54, 1.807) is 18.5 Å². The number of hydrogen-bond acceptors (Lipinski definition) is 5. The van der Waals surface area contributed by atoms with Crippen molar-refractivity contribution in [3.63, 3.8) is 0 Å². The quantitative estimate of drug-likeness (QED) is 0.937. The predicted octanol–water partition coefficient (Wildman–Crippen LogP) is 2.90. The van der Waals surface area contributed by atoms with Crippen molar-refractivity contribution >= 4 is 39.1 Å². The van der Waals surface area contributed by atoms with Crippen LogP contribution in [-0.4, -0.2) is 20.5 Å². The Morgan fingerprint density at radius 3 is 3.06 bits per heavy atom. The first kappa shape index (κ1) is 13.1. The minimum absolute atomic E-state index is 0.187. The first-order valence-corrected chi connectivity index (χ1v) is 7.00. The number of aromatic nitrogens is 3. The standard InChI is InChI=1S/C11H11BrN4OS/c1-2-3-9-10(18-16-15-9)11(17)14-8-4-7(12)5-13-6-8/h4-6H,2-3H2,1H3,(H,14,17). The third-order valence-corrected chi connectivity index (χ3v) is 3.41. The fraction of sp³-hybridized carbons (Fsp3) is 0.273. The molecule has 0 bridgehead atoms. The summed E-state index contributed by atoms with van der Waals surface area (Å²) in [6.07, 6.45) is 4.95. The van der Waals surface area contributed by atoms with E-state index in [4.69, 9.17) is 0 Å². The summed E-state index contributed by atoms with van der Waals surface area (Å²) in [5, 5.41) is 6.75. The minimum Gasteiger partial charge on any atom is -0.320 e. The van der Waals surface area contributed by atoms with Gasteiger partial charge in [-0.25, -0.2) is 0 Å². The van der Waals surface area contributed by atoms with Gasteiger partial charge in [-0.05, 0) is 39.9 Å². The van der Waals surface area contributed by atoms with E-state index in [-0.39, 0.29) is 5.91 Å². The fourth-order valence-corrected chi connectivity index (χ4v) is 2.42. The number of halogens is 1. The van der Waals surface area contributed by atoms with E-state index in [9.17, 15) is 4.79 Å². The van der Waals surface area contributed by atoms with Crippen molar-refractivity contribution in [2.45, 2.75) is 19.8 Å². The topological polar surface area (TPSA) is 67.8 Å². The lowest BCUT2D eigenvalue weighted by molar-refractivity contribution is 0.102. The highest BCUT2D eigenvalue weighted by atomic mass is 79.9. The summed E-state index contributed by atoms with van der Waals surface area (Å²) in [7, 11) is 0. The second kappa shape index (κ2) is 6.01. The Labute approximate surface area is 117 Å². The molecule has 5 nitrogen and oxygen atoms in total. The van der Waals surface area contributed by atoms with Crippen molar-refractivity contribution in [2.75, 3.05) is 5.32 Å². The molecular formula is C11H11BrN4OS. The SMILES string of the molecule is CCCc1nnsc1C(=O)Nc1cncc(Br)c1. The lowest BCUT2D eigenvalue weighted by atomic mass is 10.2. The van der Waals surface area contributed by atoms with Crippen LogP contribution in [0, 0.1) is 0 Å². The zero-order valence-electron chi connectivity index (χ0n) is 9.68. The van der Waals surface area contributed by atoms with Crippen molar-refractivity contribution in [3.05, 3.63) is 33.5 Å². The van der Waals surface area contributed by atoms with Crippen LogP contribution in [0.5, 0.6) is 0 Å². The van der Waals surface area contributed by atoms with Crippen molar-refractivity contribution in [3.8, 4) is 0 Å². The van der Waals surface area contributed by atoms with Crippen LogP contribution in [0.25, 0.3) is 0 Å². The number of anilines is 1. The molecule has 0 radical (unpaired) electrons. The van der Waals surface area contributed by atoms with Gasteiger partial charge >= 0.3 is 0 Å². The molecule has 0 aliphatic heterocycles. The Bertz CT molecular complexity index is 557. The Balaban J connectivity index is 2.14. The van der Waals surface area contributed by atoms with Gasteiger partial charge in [-0.2, -0.15) is 0 Å². The van der Waals surface area contributed by atoms with Gasteiger partial charge in [-0.3, -0.25) is 9.78 Å². The molecule has 2 aromatic rings. The Kier molecular flexibility index (Phi) is 4.38. The number of hydrogen-bond donors (Lipinski definition) is 1. The number of aryl methyl sites for hydroxylation is 1. The van der Waals surface area contributed by atoms with Gasteiger partial charge in [0.2, 0.25) is 0 Å². The summed E-state index contributed by atoms with van der Waals surface area (Å²) >= 11 is 4.42. The number of carbonyl (C=O) groups excluding carboxylic acids is 1. The minimum atomic E-state index is -0.187. The molecule has 0 unspecified atom stereocenters. The first-order chi connectivity index (χ1) is 8.70. The molecule has 7 heteroatoms. The maximum atomic E-state index is 12.1. The van der Waals surface area contributed by atoms with E-state index in [0.29, 0.717) is 10.6 Å². The molecule has 1 amide bonds. The van der Waals surface area contributed by atoms with Crippen molar-refractivity contribution in [1.29, 1.82) is 0 Å². The molecular weight excluding hydrogens is 316 g/mol. The molecule has 0 saturated carbocycles. The number of rotatable bonds is 4. The van der Waals surface area contributed by atoms with Crippen LogP contribution in [0.2, 0.25) is 0 Å². The molecule has 18 heavy (non-hydrogen) atoms. The molecule has 0 atom stereocenters. The number of carbonyl (C=O) groups is 1. The molecule has 0 aromatic carbocycles. The van der Waals surface area contributed by atoms with E-state index in [1.807, 2.05) is 6.92 Å². The van der Waals surface area contributed by atoms with Gasteiger partial charge in [0.1, 0.15) is 4.88 Å². The van der Waals surface area contributed by atoms with Crippen LogP contribution in [0.15, 0.2) is 22.9 Å². The summed E-state index contributed by atoms with van der Waals surface area (Å²) in [6, 6.07) is 1.79. The highest BCUT2D eigenvalue weighted by molar-refractivity contribution is 9.10. The third kappa shape index (κ3) is 3.11. The van der Waals surface area contributed by atoms with E-state index in [2.05, 4.69) is 35.8 Å². The molecule has 94 valence electrons. The Morgan fingerprint density at radius 2 is 2.33 bits per heavy atom. The van der Waals surface area contributed by atoms with Crippen molar-refractivity contribution < 1.29 is 4.79 Å². The van der Waals surface area contributed by atoms with Gasteiger partial charge in [0.25, 0.3) is 5.91 Å². The largest absolute Gasteiger partial charge is 0.320 e. The molecule has 0 aliphatic rings. The van der Waals surface area contributed by atoms with E-state index in [0.717, 1.165) is 34.5 Å². The highest BCUT2D eigenvalue weighted by Gasteiger charge is 2.15. The summed E-state index contributed by atoms with van der Waals surface area (Å²) in [4.78, 5) is 16.6. The van der Waals surface area contributed by atoms with Crippen LogP contribution in [0.1, 0.15) is 28.7 Å². The van der Waals surface area contributed by atoms with Crippen LogP contribution in [0.3, 0.4) is 0 Å². The average molecular weight is 327 g/mol. The smallest absolute Gasteiger partial charge is 0.269 e. The number of nitrogens with one attached hydrogen (secondary N) is 1. The fourth-order valence-electron chi connectivity index (χ4n) is 1.45. The molecule has 2 aromatic heterocycles. The second-order valence-electron chi connectivity index (χ2n) is 3.64. The third-order valence-electron chi connectivity index (χ3n) is 2.21. The highest BCUT2D eigenvalue weighted by Crippen LogP contribution is 2.17. The van der Waals surface area contributed by atoms with Crippen molar-refractivity contribution in [1.82, 2.24) is 14.6 Å². The van der Waals surface area contributed by atoms with E-state index < -0.39 is 0 Å². The lowest BCUT2D eigenvalue weighted by Gasteiger charge is -2.04. The van der Waals surface area contributed by atoms with Gasteiger partial charge in [-0.1, -0.05) is 17.8 Å². The van der Waals surface area contributed by atoms with Gasteiger partial charge < -0.3 is 5.32 Å². The predicted molar refractivity (Wildman–Crippen MR) is 73.8 cm³/mol. The lowest BCUT2D eigenvalue weighted by Crippen LogP contribution is -2.12. The number of nitrogens with zero attached hydrogens (tertiary/aromatic N) is 3. The van der Waals surface area contributed by atoms with Gasteiger partial charge in [0.15, 0.2) is 0 Å². The summed E-state index contributed by atoms with van der Waals surface area (Å²) in [6.45, 7) is 2.04. The Morgan fingerprint density at radius 1 is 1.50 bits per heavy atom. The summed E-state index contributed by atoms with van der Waals surface area (Å²) in [5.41, 5.74) is 1.40. The molecule has 1 N–H and O–H groups in total. The Hall–Kier alpha value is -1.34. The maximum absolute atomic E-state index is 12.1. The molecule has 0 saturated heterocycles. The van der Waals surface area contributed by atoms with Crippen molar-refractivity contribution in [2.24, 2.45) is 0 Å². The van der Waals surface area contributed by atoms with Crippen LogP contribution >= 0.6 is 27.5 Å². The number of amides is 1. The molecule has 2 rings (SSSR count). The van der Waals surface area contributed by atoms with Crippen LogP contribution in [0.4, 0.5) is 5.69 Å². The maximum Gasteiger partial charge on any atom is 0.269 e. The second-order valence-corrected chi connectivity index (χ2v) is 5.31. The molecule has 0 aliphatic carbocycles. The van der Waals surface area contributed by atoms with Gasteiger partial charge in [0, 0.05) is 10.7 Å². The first-order valence-electron chi connectivity index (χ1n) is 5.44. The summed E-state index contributed by atoms with van der Waals surface area (Å²) in [5.74, 6) is -0.187. The number of pyridine rings is 1. The molecule has 0 fully saturated rings. The zero-order chi connectivity index (χ0) is 13.0. The average Bonchev–Trinajstić information content (AvgIpc) is 2.78. The normalized spacial score (nSPS) is 10.3. The van der Waals surface area contributed by atoms with E-state index >= 15 is 0 Å². The summed E-state index contributed by atoms with van der Waals surface area (Å²) < 4.78 is 4.64. The van der Waals surface area contributed by atoms with Gasteiger partial charge in [0.05, 0.1) is 17.6 Å². The van der Waals surface area contributed by atoms with Crippen LogP contribution in [-0.2, 0) is 6.42 Å².